The van der Waals surface area contributed by atoms with Crippen molar-refractivity contribution in [3.63, 3.8) is 0 Å². The fraction of sp³-hybridized carbons (Fsp3) is 0.333. The lowest BCUT2D eigenvalue weighted by atomic mass is 9.99. The van der Waals surface area contributed by atoms with Crippen LogP contribution in [0.15, 0.2) is 42.7 Å². The van der Waals surface area contributed by atoms with Gasteiger partial charge in [0.1, 0.15) is 5.84 Å². The second-order valence-electron chi connectivity index (χ2n) is 7.48. The van der Waals surface area contributed by atoms with Crippen molar-refractivity contribution >= 4 is 29.3 Å². The second kappa shape index (κ2) is 8.81. The molecule has 0 spiro atoms. The van der Waals surface area contributed by atoms with Crippen LogP contribution in [0.4, 0.5) is 5.69 Å². The molecular formula is C21H25N5O4. The molecular weight excluding hydrogens is 386 g/mol. The van der Waals surface area contributed by atoms with E-state index in [4.69, 9.17) is 16.2 Å². The van der Waals surface area contributed by atoms with Gasteiger partial charge in [0.15, 0.2) is 0 Å². The molecule has 1 aromatic carbocycles. The standard InChI is InChI=1S/C21H25N5O4/c1-2-13(21(29)30)9-12-7-8-26(11-12)25-20(28)17-10-16(17)19(27)24-15-5-3-14(4-6-15)18(22)23/h3-8,11,13,16-17H,2,9-10H2,1H3,(H3,22,23)(H,24,27)(H,25,28)(H,29,30). The van der Waals surface area contributed by atoms with Gasteiger partial charge in [-0.25, -0.2) is 0 Å². The molecule has 6 N–H and O–H groups in total. The molecule has 0 saturated heterocycles. The highest BCUT2D eigenvalue weighted by atomic mass is 16.4. The van der Waals surface area contributed by atoms with E-state index in [0.29, 0.717) is 30.5 Å². The van der Waals surface area contributed by atoms with Gasteiger partial charge in [-0.05, 0) is 55.2 Å². The van der Waals surface area contributed by atoms with E-state index in [1.807, 2.05) is 6.92 Å². The highest BCUT2D eigenvalue weighted by Crippen LogP contribution is 2.39. The number of anilines is 1. The number of amidine groups is 1. The first-order valence-corrected chi connectivity index (χ1v) is 9.74. The van der Waals surface area contributed by atoms with Crippen LogP contribution >= 0.6 is 0 Å². The summed E-state index contributed by atoms with van der Waals surface area (Å²) in [6, 6.07) is 8.38. The Kier molecular flexibility index (Phi) is 6.20. The quantitative estimate of drug-likeness (QED) is 0.315. The van der Waals surface area contributed by atoms with Crippen LogP contribution in [-0.4, -0.2) is 33.4 Å². The molecule has 0 radical (unpaired) electrons. The molecule has 1 heterocycles. The van der Waals surface area contributed by atoms with Gasteiger partial charge < -0.3 is 16.2 Å². The smallest absolute Gasteiger partial charge is 0.306 e. The number of amides is 2. The van der Waals surface area contributed by atoms with Crippen molar-refractivity contribution in [1.29, 1.82) is 5.41 Å². The molecule has 1 aliphatic carbocycles. The first-order valence-electron chi connectivity index (χ1n) is 9.74. The first-order chi connectivity index (χ1) is 14.3. The van der Waals surface area contributed by atoms with Gasteiger partial charge >= 0.3 is 5.97 Å². The van der Waals surface area contributed by atoms with Crippen molar-refractivity contribution in [2.24, 2.45) is 23.5 Å². The third kappa shape index (κ3) is 5.05. The molecule has 0 aliphatic heterocycles. The third-order valence-corrected chi connectivity index (χ3v) is 5.24. The zero-order valence-electron chi connectivity index (χ0n) is 16.6. The molecule has 0 bridgehead atoms. The number of benzene rings is 1. The van der Waals surface area contributed by atoms with Crippen molar-refractivity contribution in [3.05, 3.63) is 53.9 Å². The number of carboxylic acid groups (broad SMARTS) is 1. The van der Waals surface area contributed by atoms with Gasteiger partial charge in [-0.15, -0.1) is 0 Å². The fourth-order valence-corrected chi connectivity index (χ4v) is 3.27. The SMILES string of the molecule is CCC(Cc1ccn(NC(=O)C2CC2C(=O)Nc2ccc(C(=N)N)cc2)c1)C(=O)O. The molecule has 1 aliphatic rings. The van der Waals surface area contributed by atoms with Gasteiger partial charge in [0.2, 0.25) is 11.8 Å². The van der Waals surface area contributed by atoms with Crippen LogP contribution in [0, 0.1) is 23.2 Å². The van der Waals surface area contributed by atoms with E-state index in [0.717, 1.165) is 5.56 Å². The molecule has 1 fully saturated rings. The summed E-state index contributed by atoms with van der Waals surface area (Å²) in [5.41, 5.74) is 10.1. The van der Waals surface area contributed by atoms with E-state index in [2.05, 4.69) is 10.7 Å². The highest BCUT2D eigenvalue weighted by Gasteiger charge is 2.48. The van der Waals surface area contributed by atoms with Gasteiger partial charge in [0.05, 0.1) is 17.8 Å². The number of aliphatic carboxylic acids is 1. The second-order valence-corrected chi connectivity index (χ2v) is 7.48. The Balaban J connectivity index is 1.50. The Labute approximate surface area is 173 Å². The number of hydrogen-bond acceptors (Lipinski definition) is 4. The summed E-state index contributed by atoms with van der Waals surface area (Å²) in [5.74, 6) is -2.64. The molecule has 3 atom stereocenters. The van der Waals surface area contributed by atoms with Crippen molar-refractivity contribution in [3.8, 4) is 0 Å². The normalized spacial score (nSPS) is 18.3. The van der Waals surface area contributed by atoms with Crippen LogP contribution in [0.3, 0.4) is 0 Å². The molecule has 30 heavy (non-hydrogen) atoms. The molecule has 2 amide bonds. The summed E-state index contributed by atoms with van der Waals surface area (Å²) in [4.78, 5) is 35.9. The minimum atomic E-state index is -0.836. The predicted molar refractivity (Wildman–Crippen MR) is 112 cm³/mol. The Morgan fingerprint density at radius 2 is 1.87 bits per heavy atom. The van der Waals surface area contributed by atoms with E-state index >= 15 is 0 Å². The molecule has 158 valence electrons. The zero-order chi connectivity index (χ0) is 21.8. The van der Waals surface area contributed by atoms with E-state index in [1.165, 1.54) is 4.68 Å². The summed E-state index contributed by atoms with van der Waals surface area (Å²) in [6.07, 6.45) is 4.75. The maximum Gasteiger partial charge on any atom is 0.306 e. The first kappa shape index (κ1) is 21.1. The zero-order valence-corrected chi connectivity index (χ0v) is 16.6. The predicted octanol–water partition coefficient (Wildman–Crippen LogP) is 1.77. The molecule has 1 saturated carbocycles. The minimum absolute atomic E-state index is 0.0480. The molecule has 1 aromatic heterocycles. The number of nitrogens with zero attached hydrogens (tertiary/aromatic N) is 1. The number of carbonyl (C=O) groups is 3. The van der Waals surface area contributed by atoms with Gasteiger partial charge in [0, 0.05) is 23.6 Å². The molecule has 2 aromatic rings. The molecule has 3 rings (SSSR count). The third-order valence-electron chi connectivity index (χ3n) is 5.24. The monoisotopic (exact) mass is 411 g/mol. The summed E-state index contributed by atoms with van der Waals surface area (Å²) in [5, 5.41) is 19.3. The number of aromatic nitrogens is 1. The van der Waals surface area contributed by atoms with Crippen LogP contribution in [-0.2, 0) is 20.8 Å². The average Bonchev–Trinajstić information content (AvgIpc) is 3.40. The lowest BCUT2D eigenvalue weighted by Gasteiger charge is -2.08. The Hall–Kier alpha value is -3.62. The van der Waals surface area contributed by atoms with E-state index in [9.17, 15) is 14.4 Å². The van der Waals surface area contributed by atoms with Crippen molar-refractivity contribution in [2.75, 3.05) is 10.7 Å². The lowest BCUT2D eigenvalue weighted by Crippen LogP contribution is -2.25. The number of rotatable bonds is 9. The van der Waals surface area contributed by atoms with Crippen LogP contribution in [0.25, 0.3) is 0 Å². The van der Waals surface area contributed by atoms with E-state index in [1.54, 1.807) is 42.7 Å². The maximum atomic E-state index is 12.4. The number of hydrogen-bond donors (Lipinski definition) is 5. The van der Waals surface area contributed by atoms with E-state index < -0.39 is 23.7 Å². The van der Waals surface area contributed by atoms with Gasteiger partial charge in [-0.1, -0.05) is 6.92 Å². The molecule has 3 unspecified atom stereocenters. The minimum Gasteiger partial charge on any atom is -0.481 e. The number of carboxylic acids is 1. The molecule has 9 nitrogen and oxygen atoms in total. The summed E-state index contributed by atoms with van der Waals surface area (Å²) in [6.45, 7) is 1.83. The number of carbonyl (C=O) groups excluding carboxylic acids is 2. The topological polar surface area (TPSA) is 150 Å². The van der Waals surface area contributed by atoms with Crippen LogP contribution in [0.1, 0.15) is 30.9 Å². The summed E-state index contributed by atoms with van der Waals surface area (Å²) >= 11 is 0. The average molecular weight is 411 g/mol. The van der Waals surface area contributed by atoms with Crippen LogP contribution in [0.2, 0.25) is 0 Å². The van der Waals surface area contributed by atoms with E-state index in [-0.39, 0.29) is 17.6 Å². The van der Waals surface area contributed by atoms with Gasteiger partial charge in [-0.2, -0.15) is 0 Å². The highest BCUT2D eigenvalue weighted by molar-refractivity contribution is 6.01. The fourth-order valence-electron chi connectivity index (χ4n) is 3.27. The summed E-state index contributed by atoms with van der Waals surface area (Å²) in [7, 11) is 0. The van der Waals surface area contributed by atoms with Crippen LogP contribution in [0.5, 0.6) is 0 Å². The summed E-state index contributed by atoms with van der Waals surface area (Å²) < 4.78 is 1.50. The van der Waals surface area contributed by atoms with Gasteiger partial charge in [-0.3, -0.25) is 29.9 Å². The Bertz CT molecular complexity index is 966. The lowest BCUT2D eigenvalue weighted by molar-refractivity contribution is -0.141. The van der Waals surface area contributed by atoms with Crippen molar-refractivity contribution in [2.45, 2.75) is 26.2 Å². The largest absolute Gasteiger partial charge is 0.481 e. The Morgan fingerprint density at radius 3 is 2.47 bits per heavy atom. The molecule has 9 heteroatoms. The number of nitrogen functional groups attached to an aromatic ring is 1. The van der Waals surface area contributed by atoms with Crippen LogP contribution < -0.4 is 16.5 Å². The van der Waals surface area contributed by atoms with Gasteiger partial charge in [0.25, 0.3) is 0 Å². The van der Waals surface area contributed by atoms with Crippen molar-refractivity contribution in [1.82, 2.24) is 4.68 Å². The number of nitrogens with one attached hydrogen (secondary N) is 3. The maximum absolute atomic E-state index is 12.4. The number of nitrogens with two attached hydrogens (primary N) is 1. The Morgan fingerprint density at radius 1 is 1.20 bits per heavy atom. The van der Waals surface area contributed by atoms with Crippen molar-refractivity contribution < 1.29 is 19.5 Å².